The molecule has 0 saturated heterocycles. The summed E-state index contributed by atoms with van der Waals surface area (Å²) in [5, 5.41) is 9.51. The number of aliphatic carboxylic acids is 1. The van der Waals surface area contributed by atoms with Crippen molar-refractivity contribution in [3.63, 3.8) is 0 Å². The first-order chi connectivity index (χ1) is 9.06. The lowest BCUT2D eigenvalue weighted by molar-refractivity contribution is -0.143. The average molecular weight is 278 g/mol. The number of fused-ring (bicyclic) bond motifs is 1. The van der Waals surface area contributed by atoms with Crippen molar-refractivity contribution in [2.24, 2.45) is 0 Å². The highest BCUT2D eigenvalue weighted by Gasteiger charge is 2.13. The Bertz CT molecular complexity index is 576. The van der Waals surface area contributed by atoms with Crippen LogP contribution in [0.3, 0.4) is 0 Å². The summed E-state index contributed by atoms with van der Waals surface area (Å²) < 4.78 is 1.10. The zero-order valence-corrected chi connectivity index (χ0v) is 11.3. The van der Waals surface area contributed by atoms with Crippen LogP contribution in [0.15, 0.2) is 24.3 Å². The number of carbonyl (C=O) groups is 2. The van der Waals surface area contributed by atoms with Gasteiger partial charge in [-0.3, -0.25) is 9.59 Å². The van der Waals surface area contributed by atoms with Crippen LogP contribution in [-0.4, -0.2) is 40.5 Å². The van der Waals surface area contributed by atoms with Crippen LogP contribution in [0.2, 0.25) is 0 Å². The summed E-state index contributed by atoms with van der Waals surface area (Å²) in [4.78, 5) is 27.9. The molecule has 2 rings (SSSR count). The molecule has 6 heteroatoms. The first-order valence-corrected chi connectivity index (χ1v) is 6.68. The van der Waals surface area contributed by atoms with Gasteiger partial charge in [0.1, 0.15) is 6.54 Å². The molecule has 100 valence electrons. The molecule has 0 saturated carbocycles. The Kier molecular flexibility index (Phi) is 4.11. The Morgan fingerprint density at radius 3 is 2.79 bits per heavy atom. The van der Waals surface area contributed by atoms with Gasteiger partial charge in [0, 0.05) is 19.9 Å². The van der Waals surface area contributed by atoms with Gasteiger partial charge in [-0.1, -0.05) is 12.1 Å². The van der Waals surface area contributed by atoms with Gasteiger partial charge >= 0.3 is 5.97 Å². The molecule has 0 aliphatic heterocycles. The van der Waals surface area contributed by atoms with Gasteiger partial charge in [-0.2, -0.15) is 0 Å². The third-order valence-electron chi connectivity index (χ3n) is 2.69. The Morgan fingerprint density at radius 2 is 2.11 bits per heavy atom. The number of hydrogen-bond donors (Lipinski definition) is 1. The van der Waals surface area contributed by atoms with Crippen molar-refractivity contribution in [1.29, 1.82) is 0 Å². The predicted molar refractivity (Wildman–Crippen MR) is 73.2 cm³/mol. The van der Waals surface area contributed by atoms with Crippen molar-refractivity contribution in [3.05, 3.63) is 29.3 Å². The van der Waals surface area contributed by atoms with E-state index in [4.69, 9.17) is 5.11 Å². The summed E-state index contributed by atoms with van der Waals surface area (Å²) in [5.41, 5.74) is 0.939. The van der Waals surface area contributed by atoms with Crippen molar-refractivity contribution in [3.8, 4) is 0 Å². The van der Waals surface area contributed by atoms with E-state index in [1.54, 1.807) is 11.3 Å². The molecule has 1 amide bonds. The van der Waals surface area contributed by atoms with E-state index in [-0.39, 0.29) is 18.9 Å². The zero-order chi connectivity index (χ0) is 13.8. The molecule has 1 heterocycles. The van der Waals surface area contributed by atoms with Gasteiger partial charge in [-0.05, 0) is 12.1 Å². The van der Waals surface area contributed by atoms with Crippen molar-refractivity contribution >= 4 is 33.4 Å². The zero-order valence-electron chi connectivity index (χ0n) is 10.5. The highest BCUT2D eigenvalue weighted by atomic mass is 32.1. The number of aryl methyl sites for hydroxylation is 1. The maximum absolute atomic E-state index is 11.7. The molecule has 0 bridgehead atoms. The van der Waals surface area contributed by atoms with E-state index >= 15 is 0 Å². The quantitative estimate of drug-likeness (QED) is 0.905. The minimum Gasteiger partial charge on any atom is -0.480 e. The van der Waals surface area contributed by atoms with Crippen LogP contribution in [0, 0.1) is 0 Å². The molecule has 0 fully saturated rings. The lowest BCUT2D eigenvalue weighted by Crippen LogP contribution is -2.32. The molecule has 1 N–H and O–H groups in total. The van der Waals surface area contributed by atoms with Gasteiger partial charge in [0.05, 0.1) is 15.2 Å². The standard InChI is InChI=1S/C13H14N2O3S/c1-15(8-13(17)18)12(16)7-6-11-14-9-4-2-3-5-10(9)19-11/h2-5H,6-8H2,1H3,(H,17,18). The van der Waals surface area contributed by atoms with Crippen LogP contribution in [0.5, 0.6) is 0 Å². The summed E-state index contributed by atoms with van der Waals surface area (Å²) in [5.74, 6) is -1.18. The van der Waals surface area contributed by atoms with Crippen molar-refractivity contribution in [2.45, 2.75) is 12.8 Å². The van der Waals surface area contributed by atoms with E-state index in [1.807, 2.05) is 24.3 Å². The Balaban J connectivity index is 1.94. The lowest BCUT2D eigenvalue weighted by atomic mass is 10.3. The molecule has 1 aromatic carbocycles. The molecular weight excluding hydrogens is 264 g/mol. The molecule has 0 spiro atoms. The average Bonchev–Trinajstić information content (AvgIpc) is 2.77. The van der Waals surface area contributed by atoms with Crippen molar-refractivity contribution in [2.75, 3.05) is 13.6 Å². The normalized spacial score (nSPS) is 10.6. The third kappa shape index (κ3) is 3.51. The molecule has 19 heavy (non-hydrogen) atoms. The van der Waals surface area contributed by atoms with E-state index in [9.17, 15) is 9.59 Å². The maximum atomic E-state index is 11.7. The van der Waals surface area contributed by atoms with Gasteiger partial charge in [-0.25, -0.2) is 4.98 Å². The van der Waals surface area contributed by atoms with E-state index in [2.05, 4.69) is 4.98 Å². The number of carboxylic acids is 1. The van der Waals surface area contributed by atoms with Gasteiger partial charge in [-0.15, -0.1) is 11.3 Å². The second-order valence-electron chi connectivity index (χ2n) is 4.22. The van der Waals surface area contributed by atoms with Gasteiger partial charge in [0.25, 0.3) is 0 Å². The summed E-state index contributed by atoms with van der Waals surface area (Å²) in [6.45, 7) is -0.265. The Labute approximate surface area is 114 Å². The number of thiazole rings is 1. The molecule has 1 aromatic heterocycles. The molecule has 0 unspecified atom stereocenters. The van der Waals surface area contributed by atoms with Crippen LogP contribution in [0.25, 0.3) is 10.2 Å². The molecule has 0 aliphatic rings. The SMILES string of the molecule is CN(CC(=O)O)C(=O)CCc1nc2ccccc2s1. The van der Waals surface area contributed by atoms with Crippen LogP contribution >= 0.6 is 11.3 Å². The maximum Gasteiger partial charge on any atom is 0.323 e. The number of nitrogens with zero attached hydrogens (tertiary/aromatic N) is 2. The number of rotatable bonds is 5. The van der Waals surface area contributed by atoms with E-state index in [0.717, 1.165) is 15.2 Å². The largest absolute Gasteiger partial charge is 0.480 e. The number of aromatic nitrogens is 1. The molecule has 0 atom stereocenters. The predicted octanol–water partition coefficient (Wildman–Crippen LogP) is 1.77. The Hall–Kier alpha value is -1.95. The fraction of sp³-hybridized carbons (Fsp3) is 0.308. The molecule has 0 aliphatic carbocycles. The second kappa shape index (κ2) is 5.79. The fourth-order valence-electron chi connectivity index (χ4n) is 1.72. The highest BCUT2D eigenvalue weighted by Crippen LogP contribution is 2.22. The third-order valence-corrected chi connectivity index (χ3v) is 3.79. The highest BCUT2D eigenvalue weighted by molar-refractivity contribution is 7.18. The topological polar surface area (TPSA) is 70.5 Å². The van der Waals surface area contributed by atoms with Gasteiger partial charge in [0.2, 0.25) is 5.91 Å². The van der Waals surface area contributed by atoms with Gasteiger partial charge < -0.3 is 10.0 Å². The first kappa shape index (κ1) is 13.5. The van der Waals surface area contributed by atoms with E-state index in [0.29, 0.717) is 6.42 Å². The summed E-state index contributed by atoms with van der Waals surface area (Å²) >= 11 is 1.57. The van der Waals surface area contributed by atoms with Crippen molar-refractivity contribution < 1.29 is 14.7 Å². The molecule has 2 aromatic rings. The fourth-order valence-corrected chi connectivity index (χ4v) is 2.69. The minimum atomic E-state index is -1.00. The minimum absolute atomic E-state index is 0.179. The number of likely N-dealkylation sites (N-methyl/N-ethyl adjacent to an activating group) is 1. The number of carbonyl (C=O) groups excluding carboxylic acids is 1. The Morgan fingerprint density at radius 1 is 1.37 bits per heavy atom. The van der Waals surface area contributed by atoms with Crippen LogP contribution in [0.1, 0.15) is 11.4 Å². The first-order valence-electron chi connectivity index (χ1n) is 5.86. The number of amides is 1. The van der Waals surface area contributed by atoms with Crippen LogP contribution in [0.4, 0.5) is 0 Å². The molecule has 5 nitrogen and oxygen atoms in total. The smallest absolute Gasteiger partial charge is 0.323 e. The summed E-state index contributed by atoms with van der Waals surface area (Å²) in [7, 11) is 1.49. The number of para-hydroxylation sites is 1. The summed E-state index contributed by atoms with van der Waals surface area (Å²) in [6.07, 6.45) is 0.825. The number of benzene rings is 1. The van der Waals surface area contributed by atoms with Crippen LogP contribution < -0.4 is 0 Å². The van der Waals surface area contributed by atoms with E-state index in [1.165, 1.54) is 11.9 Å². The van der Waals surface area contributed by atoms with E-state index < -0.39 is 5.97 Å². The van der Waals surface area contributed by atoms with Crippen LogP contribution in [-0.2, 0) is 16.0 Å². The lowest BCUT2D eigenvalue weighted by Gasteiger charge is -2.13. The second-order valence-corrected chi connectivity index (χ2v) is 5.33. The number of carboxylic acid groups (broad SMARTS) is 1. The monoisotopic (exact) mass is 278 g/mol. The molecule has 0 radical (unpaired) electrons. The van der Waals surface area contributed by atoms with Gasteiger partial charge in [0.15, 0.2) is 0 Å². The molecular formula is C13H14N2O3S. The summed E-state index contributed by atoms with van der Waals surface area (Å²) in [6, 6.07) is 7.82. The van der Waals surface area contributed by atoms with Crippen molar-refractivity contribution in [1.82, 2.24) is 9.88 Å². The number of hydrogen-bond acceptors (Lipinski definition) is 4.